The first-order chi connectivity index (χ1) is 12.7. The van der Waals surface area contributed by atoms with Gasteiger partial charge in [-0.15, -0.1) is 0 Å². The van der Waals surface area contributed by atoms with Gasteiger partial charge in [0.05, 0.1) is 11.0 Å². The fourth-order valence-corrected chi connectivity index (χ4v) is 6.30. The first-order valence-electron chi connectivity index (χ1n) is 8.96. The van der Waals surface area contributed by atoms with E-state index in [4.69, 9.17) is 0 Å². The Morgan fingerprint density at radius 1 is 1.33 bits per heavy atom. The van der Waals surface area contributed by atoms with Gasteiger partial charge in [0, 0.05) is 25.2 Å². The van der Waals surface area contributed by atoms with Crippen molar-refractivity contribution >= 4 is 27.8 Å². The van der Waals surface area contributed by atoms with E-state index in [-0.39, 0.29) is 35.0 Å². The molecule has 144 valence electrons. The van der Waals surface area contributed by atoms with E-state index in [0.29, 0.717) is 13.0 Å². The summed E-state index contributed by atoms with van der Waals surface area (Å²) < 4.78 is 25.8. The minimum absolute atomic E-state index is 0.0219. The average Bonchev–Trinajstić information content (AvgIpc) is 3.23. The standard InChI is InChI=1S/C18H20N2O6S/c1-2-20-16(22)13-6-5-11(8-14(13)27(20,25)26)15(21)19-9-12-4-3-7-18(12,10-19)17(23)24/h5-6,8,12H,2-4,7,9-10H2,1H3,(H,23,24)/t12-,18+/m0/s1. The molecule has 2 atom stereocenters. The lowest BCUT2D eigenvalue weighted by molar-refractivity contribution is -0.149. The molecular formula is C18H20N2O6S. The number of amides is 2. The normalized spacial score (nSPS) is 28.3. The zero-order valence-corrected chi connectivity index (χ0v) is 15.7. The molecule has 0 aromatic heterocycles. The fraction of sp³-hybridized carbons (Fsp3) is 0.500. The summed E-state index contributed by atoms with van der Waals surface area (Å²) in [7, 11) is -3.95. The van der Waals surface area contributed by atoms with Crippen LogP contribution in [0.1, 0.15) is 46.9 Å². The largest absolute Gasteiger partial charge is 0.481 e. The van der Waals surface area contributed by atoms with Gasteiger partial charge < -0.3 is 10.0 Å². The maximum Gasteiger partial charge on any atom is 0.311 e. The Morgan fingerprint density at radius 3 is 2.70 bits per heavy atom. The van der Waals surface area contributed by atoms with E-state index in [0.717, 1.165) is 17.1 Å². The molecule has 1 aromatic rings. The molecule has 9 heteroatoms. The van der Waals surface area contributed by atoms with Crippen molar-refractivity contribution in [1.29, 1.82) is 0 Å². The van der Waals surface area contributed by atoms with Crippen molar-refractivity contribution in [2.75, 3.05) is 19.6 Å². The number of likely N-dealkylation sites (tertiary alicyclic amines) is 1. The van der Waals surface area contributed by atoms with Gasteiger partial charge in [-0.1, -0.05) is 6.42 Å². The second kappa shape index (κ2) is 5.79. The van der Waals surface area contributed by atoms with Crippen LogP contribution in [0.4, 0.5) is 0 Å². The molecule has 1 N–H and O–H groups in total. The van der Waals surface area contributed by atoms with E-state index >= 15 is 0 Å². The molecule has 1 aromatic carbocycles. The molecular weight excluding hydrogens is 372 g/mol. The van der Waals surface area contributed by atoms with Gasteiger partial charge >= 0.3 is 5.97 Å². The Balaban J connectivity index is 1.66. The lowest BCUT2D eigenvalue weighted by atomic mass is 9.81. The monoisotopic (exact) mass is 392 g/mol. The number of carboxylic acids is 1. The number of hydrogen-bond donors (Lipinski definition) is 1. The summed E-state index contributed by atoms with van der Waals surface area (Å²) in [5, 5.41) is 9.66. The van der Waals surface area contributed by atoms with Gasteiger partial charge in [-0.25, -0.2) is 12.7 Å². The summed E-state index contributed by atoms with van der Waals surface area (Å²) >= 11 is 0. The van der Waals surface area contributed by atoms with Crippen molar-refractivity contribution in [1.82, 2.24) is 9.21 Å². The van der Waals surface area contributed by atoms with Gasteiger partial charge in [0.1, 0.15) is 4.90 Å². The number of benzene rings is 1. The van der Waals surface area contributed by atoms with Crippen LogP contribution < -0.4 is 0 Å². The predicted molar refractivity (Wildman–Crippen MR) is 93.7 cm³/mol. The summed E-state index contributed by atoms with van der Waals surface area (Å²) in [6.45, 7) is 2.08. The predicted octanol–water partition coefficient (Wildman–Crippen LogP) is 1.18. The average molecular weight is 392 g/mol. The molecule has 2 aliphatic heterocycles. The highest BCUT2D eigenvalue weighted by atomic mass is 32.2. The van der Waals surface area contributed by atoms with Crippen LogP contribution in [0.25, 0.3) is 0 Å². The molecule has 8 nitrogen and oxygen atoms in total. The van der Waals surface area contributed by atoms with Crippen LogP contribution in [-0.2, 0) is 14.8 Å². The number of fused-ring (bicyclic) bond motifs is 2. The lowest BCUT2D eigenvalue weighted by Crippen LogP contribution is -2.37. The highest BCUT2D eigenvalue weighted by Crippen LogP contribution is 2.49. The summed E-state index contributed by atoms with van der Waals surface area (Å²) in [6, 6.07) is 4.04. The quantitative estimate of drug-likeness (QED) is 0.827. The van der Waals surface area contributed by atoms with E-state index in [9.17, 15) is 27.9 Å². The maximum atomic E-state index is 12.9. The van der Waals surface area contributed by atoms with Crippen molar-refractivity contribution in [3.8, 4) is 0 Å². The highest BCUT2D eigenvalue weighted by Gasteiger charge is 2.56. The molecule has 1 saturated heterocycles. The second-order valence-electron chi connectivity index (χ2n) is 7.42. The number of hydrogen-bond acceptors (Lipinski definition) is 5. The Bertz CT molecular complexity index is 972. The van der Waals surface area contributed by atoms with Crippen LogP contribution in [0.2, 0.25) is 0 Å². The second-order valence-corrected chi connectivity index (χ2v) is 9.25. The van der Waals surface area contributed by atoms with E-state index < -0.39 is 33.2 Å². The van der Waals surface area contributed by atoms with Crippen molar-refractivity contribution < 1.29 is 27.9 Å². The summed E-state index contributed by atoms with van der Waals surface area (Å²) in [6.07, 6.45) is 2.16. The summed E-state index contributed by atoms with van der Waals surface area (Å²) in [4.78, 5) is 38.3. The van der Waals surface area contributed by atoms with E-state index in [1.54, 1.807) is 6.92 Å². The van der Waals surface area contributed by atoms with Gasteiger partial charge in [-0.05, 0) is 43.9 Å². The van der Waals surface area contributed by atoms with Gasteiger partial charge in [-0.2, -0.15) is 0 Å². The summed E-state index contributed by atoms with van der Waals surface area (Å²) in [5.41, 5.74) is -0.676. The van der Waals surface area contributed by atoms with E-state index in [1.165, 1.54) is 23.1 Å². The van der Waals surface area contributed by atoms with Gasteiger partial charge in [0.25, 0.3) is 21.8 Å². The smallest absolute Gasteiger partial charge is 0.311 e. The van der Waals surface area contributed by atoms with Crippen molar-refractivity contribution in [3.05, 3.63) is 29.3 Å². The van der Waals surface area contributed by atoms with Crippen LogP contribution in [-0.4, -0.2) is 60.1 Å². The van der Waals surface area contributed by atoms with Crippen molar-refractivity contribution in [3.63, 3.8) is 0 Å². The van der Waals surface area contributed by atoms with Crippen LogP contribution in [0.3, 0.4) is 0 Å². The van der Waals surface area contributed by atoms with Gasteiger partial charge in [0.2, 0.25) is 0 Å². The Labute approximate surface area is 156 Å². The first-order valence-corrected chi connectivity index (χ1v) is 10.4. The number of carbonyl (C=O) groups is 3. The third-order valence-corrected chi connectivity index (χ3v) is 8.02. The molecule has 2 heterocycles. The zero-order valence-electron chi connectivity index (χ0n) is 14.8. The number of rotatable bonds is 3. The number of carbonyl (C=O) groups excluding carboxylic acids is 2. The molecule has 2 fully saturated rings. The summed E-state index contributed by atoms with van der Waals surface area (Å²) in [5.74, 6) is -1.94. The van der Waals surface area contributed by atoms with Crippen LogP contribution >= 0.6 is 0 Å². The molecule has 2 amide bonds. The van der Waals surface area contributed by atoms with Gasteiger partial charge in [0.15, 0.2) is 0 Å². The zero-order chi connectivity index (χ0) is 19.6. The molecule has 0 radical (unpaired) electrons. The molecule has 1 aliphatic carbocycles. The van der Waals surface area contributed by atoms with E-state index in [1.807, 2.05) is 0 Å². The third-order valence-electron chi connectivity index (χ3n) is 6.12. The molecule has 0 spiro atoms. The van der Waals surface area contributed by atoms with Gasteiger partial charge in [-0.3, -0.25) is 14.4 Å². The molecule has 27 heavy (non-hydrogen) atoms. The van der Waals surface area contributed by atoms with Crippen molar-refractivity contribution in [2.24, 2.45) is 11.3 Å². The SMILES string of the molecule is CCN1C(=O)c2ccc(C(=O)N3C[C@@H]4CCC[C@@]4(C(=O)O)C3)cc2S1(=O)=O. The molecule has 1 saturated carbocycles. The number of nitrogens with zero attached hydrogens (tertiary/aromatic N) is 2. The van der Waals surface area contributed by atoms with Crippen LogP contribution in [0, 0.1) is 11.3 Å². The maximum absolute atomic E-state index is 12.9. The minimum Gasteiger partial charge on any atom is -0.481 e. The highest BCUT2D eigenvalue weighted by molar-refractivity contribution is 7.90. The minimum atomic E-state index is -3.95. The van der Waals surface area contributed by atoms with Crippen LogP contribution in [0.5, 0.6) is 0 Å². The first kappa shape index (κ1) is 18.0. The van der Waals surface area contributed by atoms with Crippen molar-refractivity contribution in [2.45, 2.75) is 31.1 Å². The van der Waals surface area contributed by atoms with Crippen LogP contribution in [0.15, 0.2) is 23.1 Å². The fourth-order valence-electron chi connectivity index (χ4n) is 4.70. The number of sulfonamides is 1. The molecule has 0 unspecified atom stereocenters. The Hall–Kier alpha value is -2.42. The number of aliphatic carboxylic acids is 1. The topological polar surface area (TPSA) is 112 Å². The van der Waals surface area contributed by atoms with E-state index in [2.05, 4.69) is 0 Å². The Morgan fingerprint density at radius 2 is 2.07 bits per heavy atom. The lowest BCUT2D eigenvalue weighted by Gasteiger charge is -2.23. The molecule has 4 rings (SSSR count). The number of carboxylic acid groups (broad SMARTS) is 1. The molecule has 3 aliphatic rings. The Kier molecular flexibility index (Phi) is 3.85. The third kappa shape index (κ3) is 2.33. The molecule has 0 bridgehead atoms.